The molecular weight excluding hydrogens is 389 g/mol. The summed E-state index contributed by atoms with van der Waals surface area (Å²) in [6.45, 7) is 1.14. The molecule has 9 heteroatoms. The molecule has 1 unspecified atom stereocenters. The van der Waals surface area contributed by atoms with Crippen molar-refractivity contribution in [1.82, 2.24) is 15.1 Å². The number of likely N-dealkylation sites (tertiary alicyclic amines) is 1. The van der Waals surface area contributed by atoms with Gasteiger partial charge in [0.2, 0.25) is 5.88 Å². The molecule has 1 fully saturated rings. The Morgan fingerprint density at radius 1 is 1.22 bits per heavy atom. The van der Waals surface area contributed by atoms with Crippen LogP contribution in [-0.4, -0.2) is 54.4 Å². The average Bonchev–Trinajstić information content (AvgIpc) is 2.65. The van der Waals surface area contributed by atoms with E-state index >= 15 is 0 Å². The summed E-state index contributed by atoms with van der Waals surface area (Å²) in [5, 5.41) is 11.9. The normalized spacial score (nSPS) is 16.7. The maximum absolute atomic E-state index is 12.5. The van der Waals surface area contributed by atoms with Crippen molar-refractivity contribution in [3.8, 4) is 5.88 Å². The molecule has 1 aromatic heterocycles. The summed E-state index contributed by atoms with van der Waals surface area (Å²) in [6.07, 6.45) is 1.58. The maximum Gasteiger partial charge on any atom is 0.321 e. The zero-order valence-corrected chi connectivity index (χ0v) is 16.7. The minimum Gasteiger partial charge on any atom is -0.471 e. The predicted octanol–water partition coefficient (Wildman–Crippen LogP) is 3.92. The maximum atomic E-state index is 12.5. The van der Waals surface area contributed by atoms with Gasteiger partial charge >= 0.3 is 6.03 Å². The van der Waals surface area contributed by atoms with E-state index in [4.69, 9.17) is 27.9 Å². The zero-order chi connectivity index (χ0) is 19.4. The molecular formula is C18H21Cl2N5O2. The number of carbonyl (C=O) groups excluding carboxylic acids is 1. The lowest BCUT2D eigenvalue weighted by Crippen LogP contribution is -2.46. The summed E-state index contributed by atoms with van der Waals surface area (Å²) in [5.74, 6) is 1.21. The van der Waals surface area contributed by atoms with Gasteiger partial charge in [0.25, 0.3) is 0 Å². The van der Waals surface area contributed by atoms with Crippen LogP contribution in [0.1, 0.15) is 12.8 Å². The van der Waals surface area contributed by atoms with Crippen LogP contribution in [0.2, 0.25) is 10.0 Å². The standard InChI is InChI=1S/C18H21Cl2N5O2/c1-24(2)16-7-8-17(23-22-16)27-13-4-3-9-25(11-13)18(26)21-12-5-6-14(19)15(20)10-12/h5-8,10,13H,3-4,9,11H2,1-2H3,(H,21,26). The molecule has 2 aromatic rings. The van der Waals surface area contributed by atoms with Crippen molar-refractivity contribution in [1.29, 1.82) is 0 Å². The van der Waals surface area contributed by atoms with Crippen molar-refractivity contribution in [2.75, 3.05) is 37.4 Å². The van der Waals surface area contributed by atoms with Crippen molar-refractivity contribution in [2.24, 2.45) is 0 Å². The van der Waals surface area contributed by atoms with E-state index in [9.17, 15) is 4.79 Å². The van der Waals surface area contributed by atoms with Gasteiger partial charge in [0.05, 0.1) is 16.6 Å². The van der Waals surface area contributed by atoms with E-state index in [0.29, 0.717) is 34.7 Å². The fourth-order valence-corrected chi connectivity index (χ4v) is 3.08. The number of nitrogens with one attached hydrogen (secondary N) is 1. The number of aromatic nitrogens is 2. The van der Waals surface area contributed by atoms with Crippen LogP contribution in [0.4, 0.5) is 16.3 Å². The SMILES string of the molecule is CN(C)c1ccc(OC2CCCN(C(=O)Nc3ccc(Cl)c(Cl)c3)C2)nn1. The van der Waals surface area contributed by atoms with E-state index in [2.05, 4.69) is 15.5 Å². The Labute approximate surface area is 168 Å². The predicted molar refractivity (Wildman–Crippen MR) is 107 cm³/mol. The molecule has 3 rings (SSSR count). The molecule has 1 aliphatic heterocycles. The summed E-state index contributed by atoms with van der Waals surface area (Å²) >= 11 is 11.9. The van der Waals surface area contributed by atoms with Gasteiger partial charge in [0, 0.05) is 32.4 Å². The van der Waals surface area contributed by atoms with Gasteiger partial charge in [0.15, 0.2) is 5.82 Å². The van der Waals surface area contributed by atoms with Crippen molar-refractivity contribution in [2.45, 2.75) is 18.9 Å². The summed E-state index contributed by atoms with van der Waals surface area (Å²) in [6, 6.07) is 8.43. The monoisotopic (exact) mass is 409 g/mol. The molecule has 1 aromatic carbocycles. The molecule has 144 valence electrons. The highest BCUT2D eigenvalue weighted by Gasteiger charge is 2.25. The van der Waals surface area contributed by atoms with E-state index in [1.807, 2.05) is 25.1 Å². The third kappa shape index (κ3) is 5.14. The van der Waals surface area contributed by atoms with Crippen LogP contribution < -0.4 is 15.0 Å². The summed E-state index contributed by atoms with van der Waals surface area (Å²) < 4.78 is 5.90. The molecule has 0 spiro atoms. The van der Waals surface area contributed by atoms with E-state index in [1.54, 1.807) is 29.2 Å². The van der Waals surface area contributed by atoms with Gasteiger partial charge in [-0.25, -0.2) is 4.79 Å². The number of carbonyl (C=O) groups is 1. The highest BCUT2D eigenvalue weighted by atomic mass is 35.5. The quantitative estimate of drug-likeness (QED) is 0.827. The van der Waals surface area contributed by atoms with Crippen molar-refractivity contribution >= 4 is 40.7 Å². The van der Waals surface area contributed by atoms with Gasteiger partial charge in [-0.2, -0.15) is 0 Å². The number of nitrogens with zero attached hydrogens (tertiary/aromatic N) is 4. The first-order chi connectivity index (χ1) is 12.9. The highest BCUT2D eigenvalue weighted by molar-refractivity contribution is 6.42. The number of urea groups is 1. The number of ether oxygens (including phenoxy) is 1. The lowest BCUT2D eigenvalue weighted by atomic mass is 10.1. The number of hydrogen-bond donors (Lipinski definition) is 1. The Kier molecular flexibility index (Phi) is 6.23. The van der Waals surface area contributed by atoms with Gasteiger partial charge in [-0.05, 0) is 37.1 Å². The molecule has 27 heavy (non-hydrogen) atoms. The van der Waals surface area contributed by atoms with Crippen molar-refractivity contribution in [3.63, 3.8) is 0 Å². The van der Waals surface area contributed by atoms with E-state index in [1.165, 1.54) is 0 Å². The van der Waals surface area contributed by atoms with Gasteiger partial charge in [-0.3, -0.25) is 0 Å². The van der Waals surface area contributed by atoms with Crippen molar-refractivity contribution in [3.05, 3.63) is 40.4 Å². The van der Waals surface area contributed by atoms with Crippen LogP contribution in [-0.2, 0) is 0 Å². The summed E-state index contributed by atoms with van der Waals surface area (Å²) in [4.78, 5) is 16.1. The molecule has 0 aliphatic carbocycles. The second-order valence-electron chi connectivity index (χ2n) is 6.51. The molecule has 0 bridgehead atoms. The van der Waals surface area contributed by atoms with Crippen molar-refractivity contribution < 1.29 is 9.53 Å². The molecule has 2 heterocycles. The Morgan fingerprint density at radius 3 is 2.70 bits per heavy atom. The van der Waals surface area contributed by atoms with Crippen LogP contribution in [0.25, 0.3) is 0 Å². The Morgan fingerprint density at radius 2 is 2.04 bits per heavy atom. The van der Waals surface area contributed by atoms with Crippen LogP contribution in [0.3, 0.4) is 0 Å². The first-order valence-electron chi connectivity index (χ1n) is 8.61. The topological polar surface area (TPSA) is 70.6 Å². The van der Waals surface area contributed by atoms with E-state index in [-0.39, 0.29) is 12.1 Å². The number of anilines is 2. The smallest absolute Gasteiger partial charge is 0.321 e. The lowest BCUT2D eigenvalue weighted by molar-refractivity contribution is 0.102. The molecule has 1 N–H and O–H groups in total. The highest BCUT2D eigenvalue weighted by Crippen LogP contribution is 2.25. The van der Waals surface area contributed by atoms with Gasteiger partial charge in [0.1, 0.15) is 6.10 Å². The summed E-state index contributed by atoms with van der Waals surface area (Å²) in [7, 11) is 3.80. The number of rotatable bonds is 4. The number of halogens is 2. The first-order valence-corrected chi connectivity index (χ1v) is 9.36. The number of amides is 2. The number of hydrogen-bond acceptors (Lipinski definition) is 5. The Balaban J connectivity index is 1.58. The molecule has 1 aliphatic rings. The molecule has 2 amide bonds. The third-order valence-corrected chi connectivity index (χ3v) is 4.95. The van der Waals surface area contributed by atoms with Crippen LogP contribution in [0.5, 0.6) is 5.88 Å². The molecule has 0 radical (unpaired) electrons. The second kappa shape index (κ2) is 8.63. The van der Waals surface area contributed by atoms with Gasteiger partial charge in [-0.1, -0.05) is 23.2 Å². The Bertz CT molecular complexity index is 801. The second-order valence-corrected chi connectivity index (χ2v) is 7.33. The zero-order valence-electron chi connectivity index (χ0n) is 15.2. The van der Waals surface area contributed by atoms with E-state index in [0.717, 1.165) is 18.7 Å². The van der Waals surface area contributed by atoms with Crippen LogP contribution in [0, 0.1) is 0 Å². The minimum atomic E-state index is -0.198. The minimum absolute atomic E-state index is 0.127. The third-order valence-electron chi connectivity index (χ3n) is 4.21. The first kappa shape index (κ1) is 19.5. The fraction of sp³-hybridized carbons (Fsp3) is 0.389. The molecule has 7 nitrogen and oxygen atoms in total. The number of benzene rings is 1. The van der Waals surface area contributed by atoms with Gasteiger partial charge < -0.3 is 19.9 Å². The molecule has 1 saturated heterocycles. The Hall–Kier alpha value is -2.25. The van der Waals surface area contributed by atoms with Gasteiger partial charge in [-0.15, -0.1) is 10.2 Å². The van der Waals surface area contributed by atoms with E-state index < -0.39 is 0 Å². The number of piperidine rings is 1. The summed E-state index contributed by atoms with van der Waals surface area (Å²) in [5.41, 5.74) is 0.600. The lowest BCUT2D eigenvalue weighted by Gasteiger charge is -2.32. The molecule has 0 saturated carbocycles. The average molecular weight is 410 g/mol. The fourth-order valence-electron chi connectivity index (χ4n) is 2.78. The molecule has 1 atom stereocenters. The van der Waals surface area contributed by atoms with Crippen LogP contribution >= 0.6 is 23.2 Å². The largest absolute Gasteiger partial charge is 0.471 e. The van der Waals surface area contributed by atoms with Crippen LogP contribution in [0.15, 0.2) is 30.3 Å².